The zero-order chi connectivity index (χ0) is 20.9. The summed E-state index contributed by atoms with van der Waals surface area (Å²) in [6.45, 7) is 0.126. The minimum absolute atomic E-state index is 0.126. The first-order valence-electron chi connectivity index (χ1n) is 9.25. The van der Waals surface area contributed by atoms with Crippen molar-refractivity contribution in [3.05, 3.63) is 39.3 Å². The number of thiol groups is 1. The van der Waals surface area contributed by atoms with E-state index in [9.17, 15) is 22.4 Å². The molecular formula is C18H24F4N4OS. The molecule has 1 aromatic carbocycles. The van der Waals surface area contributed by atoms with E-state index in [1.165, 1.54) is 19.3 Å². The lowest BCUT2D eigenvalue weighted by Gasteiger charge is -2.10. The van der Waals surface area contributed by atoms with Crippen molar-refractivity contribution < 1.29 is 22.4 Å². The highest BCUT2D eigenvalue weighted by Gasteiger charge is 2.28. The Morgan fingerprint density at radius 3 is 1.79 bits per heavy atom. The number of carbonyl (C=O) groups is 1. The van der Waals surface area contributed by atoms with E-state index in [1.54, 1.807) is 0 Å². The van der Waals surface area contributed by atoms with E-state index in [0.717, 1.165) is 37.9 Å². The molecule has 1 N–H and O–H groups in total. The molecule has 1 aromatic rings. The number of hydrogen-bond donors (Lipinski definition) is 2. The average Bonchev–Trinajstić information content (AvgIpc) is 2.68. The van der Waals surface area contributed by atoms with Crippen molar-refractivity contribution in [2.75, 3.05) is 12.3 Å². The highest BCUT2D eigenvalue weighted by molar-refractivity contribution is 7.80. The van der Waals surface area contributed by atoms with E-state index in [0.29, 0.717) is 6.42 Å². The van der Waals surface area contributed by atoms with Gasteiger partial charge in [-0.1, -0.05) is 50.1 Å². The highest BCUT2D eigenvalue weighted by atomic mass is 32.1. The number of halogens is 4. The zero-order valence-electron chi connectivity index (χ0n) is 15.5. The van der Waals surface area contributed by atoms with E-state index >= 15 is 0 Å². The molecular weight excluding hydrogens is 396 g/mol. The molecule has 5 nitrogen and oxygen atoms in total. The molecule has 0 fully saturated rings. The van der Waals surface area contributed by atoms with Gasteiger partial charge in [-0.25, -0.2) is 17.6 Å². The third kappa shape index (κ3) is 7.24. The topological polar surface area (TPSA) is 77.9 Å². The molecule has 0 aliphatic rings. The standard InChI is InChI=1S/C18H24F4N4OS/c19-13-12(14(20)16(22)17(15(13)21)25-26-23)18(27)24-10-8-6-4-2-1-3-5-7-9-11-28/h28H,1-11H2,(H,24,27). The number of rotatable bonds is 13. The van der Waals surface area contributed by atoms with Crippen molar-refractivity contribution >= 4 is 24.2 Å². The maximum atomic E-state index is 13.9. The van der Waals surface area contributed by atoms with Crippen molar-refractivity contribution in [2.24, 2.45) is 5.11 Å². The van der Waals surface area contributed by atoms with Gasteiger partial charge in [-0.3, -0.25) is 4.79 Å². The Morgan fingerprint density at radius 1 is 0.857 bits per heavy atom. The smallest absolute Gasteiger partial charge is 0.257 e. The molecule has 0 aromatic heterocycles. The number of hydrogen-bond acceptors (Lipinski definition) is 3. The van der Waals surface area contributed by atoms with Crippen LogP contribution in [-0.2, 0) is 0 Å². The second-order valence-corrected chi connectivity index (χ2v) is 6.78. The van der Waals surface area contributed by atoms with Gasteiger partial charge in [-0.2, -0.15) is 12.6 Å². The predicted molar refractivity (Wildman–Crippen MR) is 103 cm³/mol. The summed E-state index contributed by atoms with van der Waals surface area (Å²) in [5.74, 6) is -7.94. The second-order valence-electron chi connectivity index (χ2n) is 6.33. The third-order valence-corrected chi connectivity index (χ3v) is 4.55. The van der Waals surface area contributed by atoms with Crippen molar-refractivity contribution in [2.45, 2.75) is 57.8 Å². The molecule has 0 spiro atoms. The maximum Gasteiger partial charge on any atom is 0.257 e. The maximum absolute atomic E-state index is 13.9. The minimum Gasteiger partial charge on any atom is -0.352 e. The van der Waals surface area contributed by atoms with Crippen LogP contribution in [0.15, 0.2) is 5.11 Å². The SMILES string of the molecule is [N-]=[N+]=Nc1c(F)c(F)c(C(=O)NCCCCCCCCCCCS)c(F)c1F. The number of azide groups is 1. The minimum atomic E-state index is -1.91. The zero-order valence-corrected chi connectivity index (χ0v) is 16.4. The monoisotopic (exact) mass is 420 g/mol. The van der Waals surface area contributed by atoms with Crippen LogP contribution < -0.4 is 5.32 Å². The Kier molecular flexibility index (Phi) is 11.4. The van der Waals surface area contributed by atoms with Crippen LogP contribution in [0.2, 0.25) is 0 Å². The summed E-state index contributed by atoms with van der Waals surface area (Å²) < 4.78 is 55.1. The van der Waals surface area contributed by atoms with Gasteiger partial charge in [0.1, 0.15) is 11.3 Å². The summed E-state index contributed by atoms with van der Waals surface area (Å²) in [7, 11) is 0. The van der Waals surface area contributed by atoms with Gasteiger partial charge in [0.25, 0.3) is 5.91 Å². The normalized spacial score (nSPS) is 10.6. The molecule has 0 saturated heterocycles. The van der Waals surface area contributed by atoms with E-state index < -0.39 is 40.4 Å². The molecule has 0 saturated carbocycles. The van der Waals surface area contributed by atoms with Crippen LogP contribution in [0.3, 0.4) is 0 Å². The first-order valence-corrected chi connectivity index (χ1v) is 9.89. The van der Waals surface area contributed by atoms with Crippen LogP contribution in [0, 0.1) is 23.3 Å². The van der Waals surface area contributed by atoms with Crippen LogP contribution in [-0.4, -0.2) is 18.2 Å². The summed E-state index contributed by atoms with van der Waals surface area (Å²) in [6, 6.07) is 0. The molecule has 0 atom stereocenters. The first-order chi connectivity index (χ1) is 13.5. The summed E-state index contributed by atoms with van der Waals surface area (Å²) in [4.78, 5) is 14.0. The molecule has 0 aliphatic heterocycles. The van der Waals surface area contributed by atoms with Crippen molar-refractivity contribution in [3.8, 4) is 0 Å². The van der Waals surface area contributed by atoms with Gasteiger partial charge >= 0.3 is 0 Å². The van der Waals surface area contributed by atoms with E-state index in [-0.39, 0.29) is 6.54 Å². The van der Waals surface area contributed by atoms with E-state index in [2.05, 4.69) is 28.0 Å². The van der Waals surface area contributed by atoms with Crippen molar-refractivity contribution in [1.29, 1.82) is 0 Å². The van der Waals surface area contributed by atoms with Crippen LogP contribution in [0.4, 0.5) is 23.2 Å². The number of nitrogens with one attached hydrogen (secondary N) is 1. The van der Waals surface area contributed by atoms with Crippen LogP contribution in [0.25, 0.3) is 10.4 Å². The molecule has 0 unspecified atom stereocenters. The Morgan fingerprint density at radius 2 is 1.32 bits per heavy atom. The molecule has 1 rings (SSSR count). The van der Waals surface area contributed by atoms with Gasteiger partial charge in [0.15, 0.2) is 23.3 Å². The van der Waals surface area contributed by atoms with E-state index in [1.807, 2.05) is 0 Å². The Hall–Kier alpha value is -1.93. The van der Waals surface area contributed by atoms with Crippen molar-refractivity contribution in [3.63, 3.8) is 0 Å². The summed E-state index contributed by atoms with van der Waals surface area (Å²) in [5.41, 5.74) is 5.38. The highest BCUT2D eigenvalue weighted by Crippen LogP contribution is 2.30. The Balaban J connectivity index is 2.41. The molecule has 10 heteroatoms. The molecule has 0 bridgehead atoms. The van der Waals surface area contributed by atoms with Gasteiger partial charge in [0.2, 0.25) is 0 Å². The fourth-order valence-corrected chi connectivity index (χ4v) is 2.94. The average molecular weight is 420 g/mol. The van der Waals surface area contributed by atoms with Crippen molar-refractivity contribution in [1.82, 2.24) is 5.32 Å². The number of amides is 1. The lowest BCUT2D eigenvalue weighted by atomic mass is 10.1. The fraction of sp³-hybridized carbons (Fsp3) is 0.611. The van der Waals surface area contributed by atoms with Gasteiger partial charge < -0.3 is 5.32 Å². The molecule has 0 aliphatic carbocycles. The van der Waals surface area contributed by atoms with Gasteiger partial charge in [-0.05, 0) is 24.1 Å². The van der Waals surface area contributed by atoms with Crippen LogP contribution in [0.1, 0.15) is 68.1 Å². The number of benzene rings is 1. The molecule has 1 amide bonds. The van der Waals surface area contributed by atoms with Gasteiger partial charge in [0.05, 0.1) is 0 Å². The lowest BCUT2D eigenvalue weighted by Crippen LogP contribution is -2.27. The van der Waals surface area contributed by atoms with Gasteiger partial charge in [-0.15, -0.1) is 0 Å². The van der Waals surface area contributed by atoms with Gasteiger partial charge in [0, 0.05) is 11.5 Å². The fourth-order valence-electron chi connectivity index (χ4n) is 2.72. The number of unbranched alkanes of at least 4 members (excludes halogenated alkanes) is 8. The summed E-state index contributed by atoms with van der Waals surface area (Å²) in [5, 5.41) is 4.82. The molecule has 0 radical (unpaired) electrons. The second kappa shape index (κ2) is 13.3. The Labute approximate surface area is 166 Å². The Bertz CT molecular complexity index is 682. The number of carbonyl (C=O) groups excluding carboxylic acids is 1. The largest absolute Gasteiger partial charge is 0.352 e. The molecule has 28 heavy (non-hydrogen) atoms. The summed E-state index contributed by atoms with van der Waals surface area (Å²) >= 11 is 4.16. The number of nitrogens with zero attached hydrogens (tertiary/aromatic N) is 3. The third-order valence-electron chi connectivity index (χ3n) is 4.23. The molecule has 0 heterocycles. The van der Waals surface area contributed by atoms with Crippen LogP contribution in [0.5, 0.6) is 0 Å². The lowest BCUT2D eigenvalue weighted by molar-refractivity contribution is 0.0942. The summed E-state index contributed by atoms with van der Waals surface area (Å²) in [6.07, 6.45) is 9.25. The molecule has 156 valence electrons. The van der Waals surface area contributed by atoms with E-state index in [4.69, 9.17) is 5.53 Å². The predicted octanol–water partition coefficient (Wildman–Crippen LogP) is 6.36. The first kappa shape index (κ1) is 24.1. The quantitative estimate of drug-likeness (QED) is 0.0728. The van der Waals surface area contributed by atoms with Crippen LogP contribution >= 0.6 is 12.6 Å².